The van der Waals surface area contributed by atoms with Crippen molar-refractivity contribution in [2.45, 2.75) is 3.23 Å². The second kappa shape index (κ2) is 4.60. The van der Waals surface area contributed by atoms with Crippen LogP contribution in [0.25, 0.3) is 0 Å². The monoisotopic (exact) mass is 301 g/mol. The van der Waals surface area contributed by atoms with Crippen LogP contribution in [0.5, 0.6) is 0 Å². The molecule has 0 aromatic carbocycles. The molecule has 0 fully saturated rings. The quantitative estimate of drug-likeness (QED) is 0.529. The number of hydrogen-bond donors (Lipinski definition) is 0. The van der Waals surface area contributed by atoms with Gasteiger partial charge in [0.25, 0.3) is 0 Å². The van der Waals surface area contributed by atoms with Crippen LogP contribution in [0.4, 0.5) is 0 Å². The van der Waals surface area contributed by atoms with E-state index in [1.54, 1.807) is 6.29 Å². The Hall–Kier alpha value is 1.73. The molecule has 0 aromatic heterocycles. The molecule has 0 atom stereocenters. The minimum atomic E-state index is -0.889. The van der Waals surface area contributed by atoms with Crippen molar-refractivity contribution >= 4 is 38.1 Å². The number of carbonyl (C=O) groups excluding carboxylic acids is 1. The van der Waals surface area contributed by atoms with Gasteiger partial charge in [0, 0.05) is 32.7 Å². The minimum Gasteiger partial charge on any atom is -0.542 e. The normalized spacial score (nSPS) is 9.57. The summed E-state index contributed by atoms with van der Waals surface area (Å²) in [6, 6.07) is 0. The fourth-order valence-corrected chi connectivity index (χ4v) is 0. The van der Waals surface area contributed by atoms with Gasteiger partial charge in [-0.3, -0.25) is 6.29 Å². The van der Waals surface area contributed by atoms with E-state index in [2.05, 4.69) is 38.8 Å². The Bertz CT molecular complexity index is 58.4. The molecule has 0 N–H and O–H groups in total. The summed E-state index contributed by atoms with van der Waals surface area (Å²) in [7, 11) is 0. The summed E-state index contributed by atoms with van der Waals surface area (Å²) >= 11 is 5.72. The van der Waals surface area contributed by atoms with Gasteiger partial charge in [0.2, 0.25) is 0 Å². The maximum Gasteiger partial charge on any atom is 0 e. The van der Waals surface area contributed by atoms with E-state index < -0.39 is 3.23 Å². The van der Waals surface area contributed by atoms with Crippen LogP contribution in [0, 0.1) is 6.92 Å². The van der Waals surface area contributed by atoms with Crippen LogP contribution in [0.2, 0.25) is 0 Å². The zero-order valence-electron chi connectivity index (χ0n) is 3.45. The summed E-state index contributed by atoms with van der Waals surface area (Å²) in [5, 5.41) is 0. The van der Waals surface area contributed by atoms with E-state index in [0.29, 0.717) is 0 Å². The van der Waals surface area contributed by atoms with Crippen molar-refractivity contribution in [2.75, 3.05) is 0 Å². The van der Waals surface area contributed by atoms with E-state index in [-0.39, 0.29) is 32.7 Å². The molecular formula is C3H2Br2OY-2. The van der Waals surface area contributed by atoms with E-state index in [0.717, 1.165) is 0 Å². The van der Waals surface area contributed by atoms with Crippen LogP contribution in [0.15, 0.2) is 0 Å². The SMILES string of the molecule is [CH2-]C(Br)(Br)[C-]=O.[Y]. The third-order valence-electron chi connectivity index (χ3n) is 0.149. The van der Waals surface area contributed by atoms with Gasteiger partial charge in [0.15, 0.2) is 0 Å². The van der Waals surface area contributed by atoms with E-state index in [1.807, 2.05) is 0 Å². The Balaban J connectivity index is 0. The van der Waals surface area contributed by atoms with E-state index >= 15 is 0 Å². The topological polar surface area (TPSA) is 17.1 Å². The molecule has 1 radical (unpaired) electrons. The average molecular weight is 303 g/mol. The first kappa shape index (κ1) is 11.5. The van der Waals surface area contributed by atoms with Crippen LogP contribution >= 0.6 is 31.9 Å². The molecule has 0 saturated heterocycles. The maximum atomic E-state index is 9.55. The minimum absolute atomic E-state index is 0. The smallest absolute Gasteiger partial charge is 0 e. The first-order chi connectivity index (χ1) is 2.56. The van der Waals surface area contributed by atoms with Gasteiger partial charge >= 0.3 is 0 Å². The molecule has 0 spiro atoms. The first-order valence-electron chi connectivity index (χ1n) is 1.19. The zero-order valence-corrected chi connectivity index (χ0v) is 9.46. The average Bonchev–Trinajstić information content (AvgIpc) is 1.35. The predicted octanol–water partition coefficient (Wildman–Crippen LogP) is 1.41. The van der Waals surface area contributed by atoms with Gasteiger partial charge in [-0.15, -0.1) is 35.1 Å². The van der Waals surface area contributed by atoms with E-state index in [1.165, 1.54) is 0 Å². The molecular weight excluding hydrogens is 301 g/mol. The van der Waals surface area contributed by atoms with E-state index in [4.69, 9.17) is 0 Å². The molecule has 0 rings (SSSR count). The van der Waals surface area contributed by atoms with E-state index in [9.17, 15) is 4.79 Å². The van der Waals surface area contributed by atoms with Crippen molar-refractivity contribution in [1.29, 1.82) is 0 Å². The number of halogens is 2. The van der Waals surface area contributed by atoms with Gasteiger partial charge in [-0.05, 0) is 0 Å². The first-order valence-corrected chi connectivity index (χ1v) is 2.77. The molecule has 1 nitrogen and oxygen atoms in total. The van der Waals surface area contributed by atoms with Gasteiger partial charge in [-0.25, -0.2) is 0 Å². The van der Waals surface area contributed by atoms with Gasteiger partial charge < -0.3 is 11.7 Å². The van der Waals surface area contributed by atoms with Crippen molar-refractivity contribution in [3.63, 3.8) is 0 Å². The van der Waals surface area contributed by atoms with Crippen molar-refractivity contribution in [3.05, 3.63) is 6.92 Å². The molecule has 0 saturated carbocycles. The van der Waals surface area contributed by atoms with Crippen LogP contribution in [-0.4, -0.2) is 9.52 Å². The summed E-state index contributed by atoms with van der Waals surface area (Å²) < 4.78 is -0.889. The maximum absolute atomic E-state index is 9.55. The molecule has 39 valence electrons. The molecule has 0 bridgehead atoms. The van der Waals surface area contributed by atoms with Gasteiger partial charge in [-0.1, -0.05) is 0 Å². The zero-order chi connectivity index (χ0) is 5.21. The molecule has 7 heavy (non-hydrogen) atoms. The second-order valence-electron chi connectivity index (χ2n) is 0.807. The molecule has 0 aliphatic heterocycles. The third-order valence-corrected chi connectivity index (χ3v) is 0.473. The molecule has 0 aliphatic carbocycles. The van der Waals surface area contributed by atoms with Crippen LogP contribution in [0.1, 0.15) is 0 Å². The Labute approximate surface area is 84.7 Å². The largest absolute Gasteiger partial charge is 0.542 e. The Morgan fingerprint density at radius 2 is 1.71 bits per heavy atom. The van der Waals surface area contributed by atoms with Gasteiger partial charge in [-0.2, -0.15) is 0 Å². The van der Waals surface area contributed by atoms with Crippen molar-refractivity contribution in [3.8, 4) is 0 Å². The molecule has 0 unspecified atom stereocenters. The third kappa shape index (κ3) is 11.3. The number of alkyl halides is 2. The molecule has 4 heteroatoms. The van der Waals surface area contributed by atoms with Gasteiger partial charge in [0.05, 0.1) is 0 Å². The fraction of sp³-hybridized carbons (Fsp3) is 0.333. The fourth-order valence-electron chi connectivity index (χ4n) is 0. The molecule has 0 aliphatic rings. The second-order valence-corrected chi connectivity index (χ2v) is 4.58. The van der Waals surface area contributed by atoms with Crippen LogP contribution in [-0.2, 0) is 37.5 Å². The summed E-state index contributed by atoms with van der Waals surface area (Å²) in [5.74, 6) is 0. The summed E-state index contributed by atoms with van der Waals surface area (Å²) in [4.78, 5) is 9.55. The molecule has 0 amide bonds. The van der Waals surface area contributed by atoms with Crippen molar-refractivity contribution in [1.82, 2.24) is 0 Å². The summed E-state index contributed by atoms with van der Waals surface area (Å²) in [6.07, 6.45) is 1.58. The van der Waals surface area contributed by atoms with Crippen molar-refractivity contribution in [2.24, 2.45) is 0 Å². The van der Waals surface area contributed by atoms with Crippen LogP contribution < -0.4 is 0 Å². The molecule has 0 heterocycles. The number of hydrogen-bond acceptors (Lipinski definition) is 1. The summed E-state index contributed by atoms with van der Waals surface area (Å²) in [5.41, 5.74) is 0. The van der Waals surface area contributed by atoms with Crippen molar-refractivity contribution < 1.29 is 37.5 Å². The predicted molar refractivity (Wildman–Crippen MR) is 31.6 cm³/mol. The Morgan fingerprint density at radius 3 is 1.71 bits per heavy atom. The standard InChI is InChI=1S/C3H2Br2O.Y/c1-3(4,5)2-6;/h1H2;/q-2;. The van der Waals surface area contributed by atoms with Crippen LogP contribution in [0.3, 0.4) is 0 Å². The Kier molecular flexibility index (Phi) is 7.57. The Morgan fingerprint density at radius 1 is 1.57 bits per heavy atom. The molecule has 0 aromatic rings. The van der Waals surface area contributed by atoms with Gasteiger partial charge in [0.1, 0.15) is 0 Å². The number of rotatable bonds is 1. The summed E-state index contributed by atoms with van der Waals surface area (Å²) in [6.45, 7) is 3.30.